The fraction of sp³-hybridized carbons (Fsp3) is 0.391. The smallest absolute Gasteiger partial charge is 0.387 e. The van der Waals surface area contributed by atoms with Gasteiger partial charge >= 0.3 is 6.61 Å². The minimum absolute atomic E-state index is 0.0257. The number of alkyl halides is 2. The van der Waals surface area contributed by atoms with E-state index in [0.717, 1.165) is 38.5 Å². The molecule has 0 radical (unpaired) electrons. The zero-order valence-corrected chi connectivity index (χ0v) is 17.9. The van der Waals surface area contributed by atoms with Gasteiger partial charge in [-0.2, -0.15) is 13.8 Å². The Balaban J connectivity index is 1.29. The molecule has 2 aromatic carbocycles. The van der Waals surface area contributed by atoms with Crippen LogP contribution in [0.4, 0.5) is 8.78 Å². The van der Waals surface area contributed by atoms with Crippen molar-refractivity contribution in [1.29, 1.82) is 0 Å². The number of hydrogen-bond acceptors (Lipinski definition) is 7. The van der Waals surface area contributed by atoms with Crippen LogP contribution in [0, 0.1) is 0 Å². The van der Waals surface area contributed by atoms with Crippen LogP contribution in [0.5, 0.6) is 11.5 Å². The van der Waals surface area contributed by atoms with E-state index in [1.165, 1.54) is 11.6 Å². The van der Waals surface area contributed by atoms with Crippen LogP contribution in [0.2, 0.25) is 0 Å². The summed E-state index contributed by atoms with van der Waals surface area (Å²) in [6, 6.07) is 14.6. The van der Waals surface area contributed by atoms with E-state index in [2.05, 4.69) is 36.8 Å². The zero-order valence-electron chi connectivity index (χ0n) is 17.9. The van der Waals surface area contributed by atoms with E-state index < -0.39 is 6.61 Å². The highest BCUT2D eigenvalue weighted by Gasteiger charge is 2.21. The van der Waals surface area contributed by atoms with Gasteiger partial charge in [0.25, 0.3) is 0 Å². The highest BCUT2D eigenvalue weighted by molar-refractivity contribution is 5.63. The summed E-state index contributed by atoms with van der Waals surface area (Å²) >= 11 is 0. The number of halogens is 2. The van der Waals surface area contributed by atoms with Gasteiger partial charge in [0.2, 0.25) is 11.7 Å². The summed E-state index contributed by atoms with van der Waals surface area (Å²) in [5.74, 6) is 1.61. The van der Waals surface area contributed by atoms with Gasteiger partial charge in [-0.1, -0.05) is 29.4 Å². The molecule has 3 aromatic rings. The number of ether oxygens (including phenoxy) is 2. The summed E-state index contributed by atoms with van der Waals surface area (Å²) in [5.41, 5.74) is 1.64. The molecule has 1 aliphatic heterocycles. The molecule has 0 saturated carbocycles. The van der Waals surface area contributed by atoms with E-state index in [9.17, 15) is 8.78 Å². The second kappa shape index (κ2) is 10.5. The van der Waals surface area contributed by atoms with E-state index >= 15 is 0 Å². The summed E-state index contributed by atoms with van der Waals surface area (Å²) in [5, 5.41) is 3.95. The monoisotopic (exact) mass is 444 g/mol. The third kappa shape index (κ3) is 5.80. The van der Waals surface area contributed by atoms with Gasteiger partial charge in [0.05, 0.1) is 18.7 Å². The molecule has 2 heterocycles. The molecule has 9 heteroatoms. The summed E-state index contributed by atoms with van der Waals surface area (Å²) in [6.45, 7) is 4.75. The Bertz CT molecular complexity index is 989. The minimum Gasteiger partial charge on any atom is -0.494 e. The van der Waals surface area contributed by atoms with Crippen LogP contribution in [-0.2, 0) is 13.1 Å². The molecule has 0 spiro atoms. The molecule has 32 heavy (non-hydrogen) atoms. The molecule has 1 aliphatic rings. The highest BCUT2D eigenvalue weighted by Crippen LogP contribution is 2.29. The maximum absolute atomic E-state index is 12.6. The third-order valence-corrected chi connectivity index (χ3v) is 5.28. The van der Waals surface area contributed by atoms with Crippen molar-refractivity contribution in [3.05, 3.63) is 60.0 Å². The first-order valence-electron chi connectivity index (χ1n) is 10.6. The first-order chi connectivity index (χ1) is 15.6. The van der Waals surface area contributed by atoms with Crippen molar-refractivity contribution in [3.8, 4) is 22.9 Å². The van der Waals surface area contributed by atoms with Crippen LogP contribution >= 0.6 is 0 Å². The number of aromatic nitrogens is 2. The van der Waals surface area contributed by atoms with Gasteiger partial charge in [-0.05, 0) is 36.8 Å². The molecule has 170 valence electrons. The van der Waals surface area contributed by atoms with Crippen molar-refractivity contribution in [2.75, 3.05) is 32.8 Å². The Morgan fingerprint density at radius 1 is 0.969 bits per heavy atom. The van der Waals surface area contributed by atoms with E-state index in [-0.39, 0.29) is 11.6 Å². The highest BCUT2D eigenvalue weighted by atomic mass is 19.3. The third-order valence-electron chi connectivity index (χ3n) is 5.28. The Morgan fingerprint density at radius 2 is 1.66 bits per heavy atom. The topological polar surface area (TPSA) is 63.9 Å². The van der Waals surface area contributed by atoms with Crippen LogP contribution in [0.25, 0.3) is 11.4 Å². The Kier molecular flexibility index (Phi) is 7.28. The summed E-state index contributed by atoms with van der Waals surface area (Å²) in [7, 11) is 0. The predicted octanol–water partition coefficient (Wildman–Crippen LogP) is 4.05. The Hall–Kier alpha value is -3.04. The minimum atomic E-state index is -2.92. The van der Waals surface area contributed by atoms with Gasteiger partial charge < -0.3 is 14.0 Å². The van der Waals surface area contributed by atoms with Crippen molar-refractivity contribution >= 4 is 0 Å². The van der Waals surface area contributed by atoms with Crippen molar-refractivity contribution in [2.24, 2.45) is 0 Å². The number of rotatable bonds is 9. The van der Waals surface area contributed by atoms with Gasteiger partial charge in [0.1, 0.15) is 11.5 Å². The first-order valence-corrected chi connectivity index (χ1v) is 10.6. The largest absolute Gasteiger partial charge is 0.494 e. The molecule has 0 amide bonds. The van der Waals surface area contributed by atoms with Gasteiger partial charge in [-0.3, -0.25) is 9.80 Å². The molecule has 0 atom stereocenters. The summed E-state index contributed by atoms with van der Waals surface area (Å²) < 4.78 is 40.7. The molecule has 0 unspecified atom stereocenters. The molecule has 0 aliphatic carbocycles. The molecule has 1 aromatic heterocycles. The zero-order chi connectivity index (χ0) is 22.3. The van der Waals surface area contributed by atoms with Gasteiger partial charge in [0, 0.05) is 32.7 Å². The van der Waals surface area contributed by atoms with E-state index in [1.54, 1.807) is 18.2 Å². The van der Waals surface area contributed by atoms with Gasteiger partial charge in [0.15, 0.2) is 0 Å². The van der Waals surface area contributed by atoms with Crippen LogP contribution in [-0.4, -0.2) is 59.3 Å². The average Bonchev–Trinajstić information content (AvgIpc) is 3.25. The van der Waals surface area contributed by atoms with Crippen LogP contribution in [0.1, 0.15) is 18.4 Å². The van der Waals surface area contributed by atoms with Crippen molar-refractivity contribution in [3.63, 3.8) is 0 Å². The lowest BCUT2D eigenvalue weighted by molar-refractivity contribution is -0.0494. The maximum Gasteiger partial charge on any atom is 0.387 e. The molecule has 0 bridgehead atoms. The van der Waals surface area contributed by atoms with Crippen molar-refractivity contribution < 1.29 is 22.8 Å². The fourth-order valence-electron chi connectivity index (χ4n) is 3.69. The lowest BCUT2D eigenvalue weighted by Crippen LogP contribution is -2.45. The van der Waals surface area contributed by atoms with E-state index in [4.69, 9.17) is 9.26 Å². The van der Waals surface area contributed by atoms with E-state index in [1.807, 2.05) is 19.1 Å². The normalized spacial score (nSPS) is 15.2. The lowest BCUT2D eigenvalue weighted by Gasteiger charge is -2.33. The quantitative estimate of drug-likeness (QED) is 0.493. The van der Waals surface area contributed by atoms with E-state index in [0.29, 0.717) is 24.6 Å². The Morgan fingerprint density at radius 3 is 2.34 bits per heavy atom. The maximum atomic E-state index is 12.6. The SMILES string of the molecule is CCOc1ccc(CN2CCN(Cc3nc(-c4ccccc4OC(F)F)no3)CC2)cc1. The summed E-state index contributed by atoms with van der Waals surface area (Å²) in [4.78, 5) is 9.03. The predicted molar refractivity (Wildman–Crippen MR) is 115 cm³/mol. The number of hydrogen-bond donors (Lipinski definition) is 0. The van der Waals surface area contributed by atoms with Gasteiger partial charge in [-0.25, -0.2) is 0 Å². The number of nitrogens with zero attached hydrogens (tertiary/aromatic N) is 4. The molecule has 1 fully saturated rings. The fourth-order valence-corrected chi connectivity index (χ4v) is 3.69. The van der Waals surface area contributed by atoms with Crippen molar-refractivity contribution in [1.82, 2.24) is 19.9 Å². The molecule has 0 N–H and O–H groups in total. The Labute approximate surface area is 185 Å². The van der Waals surface area contributed by atoms with Crippen LogP contribution in [0.3, 0.4) is 0 Å². The number of piperazine rings is 1. The molecule has 1 saturated heterocycles. The number of benzene rings is 2. The van der Waals surface area contributed by atoms with Crippen LogP contribution < -0.4 is 9.47 Å². The van der Waals surface area contributed by atoms with Crippen molar-refractivity contribution in [2.45, 2.75) is 26.6 Å². The second-order valence-corrected chi connectivity index (χ2v) is 7.52. The van der Waals surface area contributed by atoms with Crippen LogP contribution in [0.15, 0.2) is 53.1 Å². The summed E-state index contributed by atoms with van der Waals surface area (Å²) in [6.07, 6.45) is 0. The molecular formula is C23H26F2N4O3. The molecule has 7 nitrogen and oxygen atoms in total. The average molecular weight is 444 g/mol. The molecule has 4 rings (SSSR count). The first kappa shape index (κ1) is 22.2. The second-order valence-electron chi connectivity index (χ2n) is 7.52. The van der Waals surface area contributed by atoms with Gasteiger partial charge in [-0.15, -0.1) is 0 Å². The molecular weight excluding hydrogens is 418 g/mol. The standard InChI is InChI=1S/C23H26F2N4O3/c1-2-30-18-9-7-17(8-10-18)15-28-11-13-29(14-12-28)16-21-26-22(27-32-21)19-5-3-4-6-20(19)31-23(24)25/h3-10,23H,2,11-16H2,1H3. The lowest BCUT2D eigenvalue weighted by atomic mass is 10.2. The number of para-hydroxylation sites is 1.